The van der Waals surface area contributed by atoms with Crippen LogP contribution >= 0.6 is 0 Å². The van der Waals surface area contributed by atoms with Crippen molar-refractivity contribution in [2.75, 3.05) is 14.2 Å². The molecule has 0 spiro atoms. The lowest BCUT2D eigenvalue weighted by molar-refractivity contribution is -0.282. The number of methoxy groups -OCH3 is 1. The summed E-state index contributed by atoms with van der Waals surface area (Å²) in [6.45, 7) is 0.224. The summed E-state index contributed by atoms with van der Waals surface area (Å²) in [7, 11) is 3.08. The highest BCUT2D eigenvalue weighted by Gasteiger charge is 2.26. The van der Waals surface area contributed by atoms with Crippen LogP contribution in [-0.2, 0) is 21.2 Å². The van der Waals surface area contributed by atoms with Crippen molar-refractivity contribution in [3.8, 4) is 11.5 Å². The van der Waals surface area contributed by atoms with E-state index >= 15 is 0 Å². The second kappa shape index (κ2) is 7.59. The monoisotopic (exact) mass is 331 g/mol. The van der Waals surface area contributed by atoms with Gasteiger partial charge in [-0.15, -0.1) is 0 Å². The zero-order valence-electron chi connectivity index (χ0n) is 13.9. The van der Waals surface area contributed by atoms with Gasteiger partial charge in [-0.1, -0.05) is 0 Å². The first-order chi connectivity index (χ1) is 11.7. The number of pyridine rings is 1. The van der Waals surface area contributed by atoms with Crippen molar-refractivity contribution in [2.24, 2.45) is 5.92 Å². The lowest BCUT2D eigenvalue weighted by atomic mass is 10.1. The lowest BCUT2D eigenvalue weighted by Gasteiger charge is -2.16. The fourth-order valence-corrected chi connectivity index (χ4v) is 3.03. The number of benzene rings is 1. The highest BCUT2D eigenvalue weighted by Crippen LogP contribution is 2.33. The SMILES string of the molecule is COOCc1cc(OC2CC[C@H](C=O)C2)c2ccc(OC)cc2n1. The van der Waals surface area contributed by atoms with E-state index in [2.05, 4.69) is 9.87 Å². The molecule has 0 saturated heterocycles. The Morgan fingerprint density at radius 3 is 2.83 bits per heavy atom. The highest BCUT2D eigenvalue weighted by atomic mass is 17.2. The first-order valence-electron chi connectivity index (χ1n) is 7.98. The molecule has 0 bridgehead atoms. The third-order valence-electron chi connectivity index (χ3n) is 4.27. The molecule has 6 nitrogen and oxygen atoms in total. The zero-order chi connectivity index (χ0) is 16.9. The van der Waals surface area contributed by atoms with Gasteiger partial charge < -0.3 is 14.3 Å². The molecule has 1 aliphatic carbocycles. The van der Waals surface area contributed by atoms with Crippen molar-refractivity contribution in [3.63, 3.8) is 0 Å². The lowest BCUT2D eigenvalue weighted by Crippen LogP contribution is -2.13. The van der Waals surface area contributed by atoms with Crippen molar-refractivity contribution in [3.05, 3.63) is 30.0 Å². The maximum Gasteiger partial charge on any atom is 0.131 e. The van der Waals surface area contributed by atoms with Crippen molar-refractivity contribution in [2.45, 2.75) is 32.0 Å². The van der Waals surface area contributed by atoms with Crippen LogP contribution in [0.25, 0.3) is 10.9 Å². The van der Waals surface area contributed by atoms with Crippen LogP contribution in [0.4, 0.5) is 0 Å². The van der Waals surface area contributed by atoms with Gasteiger partial charge in [-0.3, -0.25) is 0 Å². The summed E-state index contributed by atoms with van der Waals surface area (Å²) in [6, 6.07) is 7.54. The molecule has 0 N–H and O–H groups in total. The molecular formula is C18H21NO5. The van der Waals surface area contributed by atoms with Gasteiger partial charge in [0.2, 0.25) is 0 Å². The van der Waals surface area contributed by atoms with Gasteiger partial charge in [0.05, 0.1) is 31.5 Å². The molecule has 0 aliphatic heterocycles. The van der Waals surface area contributed by atoms with E-state index < -0.39 is 0 Å². The third kappa shape index (κ3) is 3.66. The van der Waals surface area contributed by atoms with Gasteiger partial charge in [0.25, 0.3) is 0 Å². The number of hydrogen-bond donors (Lipinski definition) is 0. The molecule has 1 aromatic heterocycles. The molecular weight excluding hydrogens is 310 g/mol. The van der Waals surface area contributed by atoms with E-state index in [0.29, 0.717) is 5.69 Å². The quantitative estimate of drug-likeness (QED) is 0.441. The number of carbonyl (C=O) groups excluding carboxylic acids is 1. The molecule has 1 aliphatic rings. The first kappa shape index (κ1) is 16.7. The van der Waals surface area contributed by atoms with Crippen LogP contribution in [0.3, 0.4) is 0 Å². The van der Waals surface area contributed by atoms with Crippen LogP contribution < -0.4 is 9.47 Å². The van der Waals surface area contributed by atoms with Crippen molar-refractivity contribution < 1.29 is 24.0 Å². The van der Waals surface area contributed by atoms with E-state index in [1.165, 1.54) is 7.11 Å². The Bertz CT molecular complexity index is 718. The van der Waals surface area contributed by atoms with Crippen LogP contribution in [0.1, 0.15) is 25.0 Å². The topological polar surface area (TPSA) is 66.9 Å². The molecule has 24 heavy (non-hydrogen) atoms. The van der Waals surface area contributed by atoms with Crippen LogP contribution in [0.5, 0.6) is 11.5 Å². The van der Waals surface area contributed by atoms with Gasteiger partial charge in [0.1, 0.15) is 24.4 Å². The zero-order valence-corrected chi connectivity index (χ0v) is 13.9. The third-order valence-corrected chi connectivity index (χ3v) is 4.27. The van der Waals surface area contributed by atoms with Gasteiger partial charge in [-0.2, -0.15) is 0 Å². The second-order valence-corrected chi connectivity index (χ2v) is 5.87. The molecule has 1 unspecified atom stereocenters. The standard InChI is InChI=1S/C18H21NO5/c1-21-14-5-6-16-17(9-14)19-13(11-23-22-2)8-18(16)24-15-4-3-12(7-15)10-20/h5-6,8-10,12,15H,3-4,7,11H2,1-2H3/t12-,15?/m0/s1. The second-order valence-electron chi connectivity index (χ2n) is 5.87. The van der Waals surface area contributed by atoms with E-state index in [1.807, 2.05) is 24.3 Å². The predicted molar refractivity (Wildman–Crippen MR) is 87.9 cm³/mol. The molecule has 0 radical (unpaired) electrons. The van der Waals surface area contributed by atoms with Crippen molar-refractivity contribution >= 4 is 17.2 Å². The van der Waals surface area contributed by atoms with Gasteiger partial charge in [-0.25, -0.2) is 14.8 Å². The van der Waals surface area contributed by atoms with E-state index in [0.717, 1.165) is 48.0 Å². The molecule has 2 aromatic rings. The summed E-state index contributed by atoms with van der Waals surface area (Å²) in [5, 5.41) is 0.909. The molecule has 0 amide bonds. The average molecular weight is 331 g/mol. The fraction of sp³-hybridized carbons (Fsp3) is 0.444. The summed E-state index contributed by atoms with van der Waals surface area (Å²) in [5.74, 6) is 1.57. The number of ether oxygens (including phenoxy) is 2. The molecule has 1 aromatic carbocycles. The summed E-state index contributed by atoms with van der Waals surface area (Å²) >= 11 is 0. The number of hydrogen-bond acceptors (Lipinski definition) is 6. The van der Waals surface area contributed by atoms with Gasteiger partial charge in [-0.05, 0) is 31.4 Å². The van der Waals surface area contributed by atoms with Crippen LogP contribution in [-0.4, -0.2) is 31.6 Å². The number of carbonyl (C=O) groups is 1. The largest absolute Gasteiger partial charge is 0.497 e. The molecule has 1 fully saturated rings. The molecule has 2 atom stereocenters. The predicted octanol–water partition coefficient (Wildman–Crippen LogP) is 3.07. The van der Waals surface area contributed by atoms with Gasteiger partial charge in [0.15, 0.2) is 0 Å². The number of aromatic nitrogens is 1. The van der Waals surface area contributed by atoms with Crippen LogP contribution in [0, 0.1) is 5.92 Å². The Kier molecular flexibility index (Phi) is 5.27. The minimum absolute atomic E-state index is 0.0455. The minimum atomic E-state index is 0.0455. The Morgan fingerprint density at radius 2 is 2.12 bits per heavy atom. The molecule has 3 rings (SSSR count). The Morgan fingerprint density at radius 1 is 1.25 bits per heavy atom. The average Bonchev–Trinajstić information content (AvgIpc) is 3.07. The maximum absolute atomic E-state index is 11.0. The van der Waals surface area contributed by atoms with E-state index in [-0.39, 0.29) is 18.6 Å². The minimum Gasteiger partial charge on any atom is -0.497 e. The number of aldehydes is 1. The smallest absolute Gasteiger partial charge is 0.131 e. The van der Waals surface area contributed by atoms with E-state index in [4.69, 9.17) is 14.4 Å². The molecule has 6 heteroatoms. The maximum atomic E-state index is 11.0. The van der Waals surface area contributed by atoms with Gasteiger partial charge in [0, 0.05) is 23.4 Å². The Balaban J connectivity index is 1.92. The Labute approximate surface area is 140 Å². The summed E-state index contributed by atoms with van der Waals surface area (Å²) < 4.78 is 11.4. The fourth-order valence-electron chi connectivity index (χ4n) is 3.03. The summed E-state index contributed by atoms with van der Waals surface area (Å²) in [4.78, 5) is 25.2. The van der Waals surface area contributed by atoms with Gasteiger partial charge >= 0.3 is 0 Å². The Hall–Kier alpha value is -2.18. The van der Waals surface area contributed by atoms with Crippen molar-refractivity contribution in [1.29, 1.82) is 0 Å². The number of nitrogens with zero attached hydrogens (tertiary/aromatic N) is 1. The van der Waals surface area contributed by atoms with Crippen LogP contribution in [0.15, 0.2) is 24.3 Å². The molecule has 128 valence electrons. The summed E-state index contributed by atoms with van der Waals surface area (Å²) in [5.41, 5.74) is 1.48. The first-order valence-corrected chi connectivity index (χ1v) is 7.98. The number of fused-ring (bicyclic) bond motifs is 1. The summed E-state index contributed by atoms with van der Waals surface area (Å²) in [6.07, 6.45) is 3.59. The highest BCUT2D eigenvalue weighted by molar-refractivity contribution is 5.86. The normalized spacial score (nSPS) is 20.2. The molecule has 1 saturated carbocycles. The van der Waals surface area contributed by atoms with E-state index in [9.17, 15) is 4.79 Å². The van der Waals surface area contributed by atoms with Crippen LogP contribution in [0.2, 0.25) is 0 Å². The van der Waals surface area contributed by atoms with Crippen molar-refractivity contribution in [1.82, 2.24) is 4.98 Å². The van der Waals surface area contributed by atoms with E-state index in [1.54, 1.807) is 7.11 Å². The number of rotatable bonds is 7. The molecule has 1 heterocycles.